The normalized spacial score (nSPS) is 18.4. The van der Waals surface area contributed by atoms with Crippen LogP contribution in [0.1, 0.15) is 24.8 Å². The van der Waals surface area contributed by atoms with Gasteiger partial charge in [-0.2, -0.15) is 0 Å². The first-order chi connectivity index (χ1) is 9.79. The molecule has 5 heteroatoms. The summed E-state index contributed by atoms with van der Waals surface area (Å²) < 4.78 is 1.70. The minimum absolute atomic E-state index is 0.00498. The molecule has 1 aliphatic heterocycles. The third-order valence-corrected chi connectivity index (χ3v) is 3.90. The van der Waals surface area contributed by atoms with E-state index in [1.165, 1.54) is 5.56 Å². The number of hydrogen-bond acceptors (Lipinski definition) is 4. The number of nitrogens with zero attached hydrogens (tertiary/aromatic N) is 4. The summed E-state index contributed by atoms with van der Waals surface area (Å²) in [4.78, 5) is 22.7. The van der Waals surface area contributed by atoms with Crippen LogP contribution in [0.25, 0.3) is 0 Å². The predicted molar refractivity (Wildman–Crippen MR) is 78.0 cm³/mol. The maximum atomic E-state index is 12.3. The van der Waals surface area contributed by atoms with Crippen molar-refractivity contribution < 1.29 is 0 Å². The van der Waals surface area contributed by atoms with Crippen LogP contribution in [0.5, 0.6) is 0 Å². The molecule has 0 aliphatic carbocycles. The summed E-state index contributed by atoms with van der Waals surface area (Å²) in [5.74, 6) is 1.03. The summed E-state index contributed by atoms with van der Waals surface area (Å²) in [7, 11) is 0. The maximum absolute atomic E-state index is 12.3. The van der Waals surface area contributed by atoms with Crippen molar-refractivity contribution in [3.05, 3.63) is 52.8 Å². The molecule has 2 aromatic rings. The molecule has 0 amide bonds. The Hall–Kier alpha value is -2.17. The Morgan fingerprint density at radius 2 is 2.10 bits per heavy atom. The lowest BCUT2D eigenvalue weighted by atomic mass is 10.00. The van der Waals surface area contributed by atoms with Crippen LogP contribution in [-0.2, 0) is 6.54 Å². The van der Waals surface area contributed by atoms with Crippen LogP contribution < -0.4 is 10.5 Å². The van der Waals surface area contributed by atoms with Crippen LogP contribution >= 0.6 is 0 Å². The van der Waals surface area contributed by atoms with E-state index in [1.54, 1.807) is 17.0 Å². The smallest absolute Gasteiger partial charge is 0.293 e. The van der Waals surface area contributed by atoms with E-state index in [2.05, 4.69) is 27.0 Å². The average molecular weight is 270 g/mol. The molecule has 0 aromatic carbocycles. The monoisotopic (exact) mass is 270 g/mol. The van der Waals surface area contributed by atoms with E-state index in [4.69, 9.17) is 0 Å². The Morgan fingerprint density at radius 3 is 2.85 bits per heavy atom. The van der Waals surface area contributed by atoms with E-state index >= 15 is 0 Å². The molecule has 0 bridgehead atoms. The standard InChI is InChI=1S/C15H18N4O/c1-2-18-10-8-17-14(15(18)20)19-9-5-13(11-19)12-3-6-16-7-4-12/h3-4,6-8,10,13H,2,5,9,11H2,1H3/t13-/m0/s1. The predicted octanol–water partition coefficient (Wildman–Crippen LogP) is 1.65. The lowest BCUT2D eigenvalue weighted by molar-refractivity contribution is 0.708. The Morgan fingerprint density at radius 1 is 1.30 bits per heavy atom. The summed E-state index contributed by atoms with van der Waals surface area (Å²) in [6.07, 6.45) is 8.14. The topological polar surface area (TPSA) is 51.0 Å². The molecule has 1 aliphatic rings. The highest BCUT2D eigenvalue weighted by Gasteiger charge is 2.26. The SMILES string of the molecule is CCn1ccnc(N2CC[C@H](c3ccncc3)C2)c1=O. The van der Waals surface area contributed by atoms with Gasteiger partial charge in [-0.05, 0) is 31.0 Å². The molecular weight excluding hydrogens is 252 g/mol. The van der Waals surface area contributed by atoms with Crippen molar-refractivity contribution in [2.45, 2.75) is 25.8 Å². The van der Waals surface area contributed by atoms with Crippen molar-refractivity contribution in [1.82, 2.24) is 14.5 Å². The molecule has 104 valence electrons. The highest BCUT2D eigenvalue weighted by molar-refractivity contribution is 5.39. The Bertz CT molecular complexity index is 638. The molecule has 1 saturated heterocycles. The van der Waals surface area contributed by atoms with Crippen LogP contribution in [0.3, 0.4) is 0 Å². The molecule has 3 rings (SSSR count). The third kappa shape index (κ3) is 2.31. The molecule has 0 saturated carbocycles. The average Bonchev–Trinajstić information content (AvgIpc) is 2.98. The molecule has 5 nitrogen and oxygen atoms in total. The number of anilines is 1. The number of aryl methyl sites for hydroxylation is 1. The number of aromatic nitrogens is 3. The molecule has 20 heavy (non-hydrogen) atoms. The fraction of sp³-hybridized carbons (Fsp3) is 0.400. The zero-order valence-corrected chi connectivity index (χ0v) is 11.6. The molecule has 0 spiro atoms. The molecule has 3 heterocycles. The largest absolute Gasteiger partial charge is 0.351 e. The van der Waals surface area contributed by atoms with Crippen LogP contribution in [0.2, 0.25) is 0 Å². The number of hydrogen-bond donors (Lipinski definition) is 0. The van der Waals surface area contributed by atoms with Gasteiger partial charge in [0, 0.05) is 50.3 Å². The van der Waals surface area contributed by atoms with Gasteiger partial charge in [0.15, 0.2) is 5.82 Å². The molecule has 2 aromatic heterocycles. The van der Waals surface area contributed by atoms with Crippen LogP contribution in [0, 0.1) is 0 Å². The van der Waals surface area contributed by atoms with E-state index < -0.39 is 0 Å². The second-order valence-corrected chi connectivity index (χ2v) is 5.05. The first-order valence-electron chi connectivity index (χ1n) is 7.00. The third-order valence-electron chi connectivity index (χ3n) is 3.90. The van der Waals surface area contributed by atoms with Gasteiger partial charge < -0.3 is 9.47 Å². The molecule has 1 fully saturated rings. The van der Waals surface area contributed by atoms with Gasteiger partial charge >= 0.3 is 0 Å². The quantitative estimate of drug-likeness (QED) is 0.851. The van der Waals surface area contributed by atoms with Crippen molar-refractivity contribution in [2.24, 2.45) is 0 Å². The highest BCUT2D eigenvalue weighted by atomic mass is 16.1. The van der Waals surface area contributed by atoms with Gasteiger partial charge in [0.25, 0.3) is 5.56 Å². The van der Waals surface area contributed by atoms with Gasteiger partial charge in [-0.3, -0.25) is 9.78 Å². The molecule has 0 N–H and O–H groups in total. The van der Waals surface area contributed by atoms with Gasteiger partial charge in [0.05, 0.1) is 0 Å². The van der Waals surface area contributed by atoms with E-state index in [-0.39, 0.29) is 5.56 Å². The zero-order chi connectivity index (χ0) is 13.9. The summed E-state index contributed by atoms with van der Waals surface area (Å²) in [5, 5.41) is 0. The van der Waals surface area contributed by atoms with E-state index in [1.807, 2.05) is 19.3 Å². The first-order valence-corrected chi connectivity index (χ1v) is 7.00. The van der Waals surface area contributed by atoms with Crippen LogP contribution in [-0.4, -0.2) is 27.6 Å². The summed E-state index contributed by atoms with van der Waals surface area (Å²) in [6, 6.07) is 4.10. The first kappa shape index (κ1) is 12.8. The van der Waals surface area contributed by atoms with Crippen molar-refractivity contribution in [2.75, 3.05) is 18.0 Å². The number of rotatable bonds is 3. The summed E-state index contributed by atoms with van der Waals surface area (Å²) in [6.45, 7) is 4.37. The highest BCUT2D eigenvalue weighted by Crippen LogP contribution is 2.28. The van der Waals surface area contributed by atoms with E-state index in [0.717, 1.165) is 19.5 Å². The van der Waals surface area contributed by atoms with Crippen molar-refractivity contribution in [3.63, 3.8) is 0 Å². The molecule has 1 atom stereocenters. The molecular formula is C15H18N4O. The minimum Gasteiger partial charge on any atom is -0.351 e. The van der Waals surface area contributed by atoms with Gasteiger partial charge in [0.1, 0.15) is 0 Å². The van der Waals surface area contributed by atoms with E-state index in [0.29, 0.717) is 18.3 Å². The van der Waals surface area contributed by atoms with Crippen LogP contribution in [0.4, 0.5) is 5.82 Å². The van der Waals surface area contributed by atoms with Crippen molar-refractivity contribution in [1.29, 1.82) is 0 Å². The zero-order valence-electron chi connectivity index (χ0n) is 11.6. The van der Waals surface area contributed by atoms with Gasteiger partial charge in [-0.15, -0.1) is 0 Å². The van der Waals surface area contributed by atoms with Gasteiger partial charge in [-0.25, -0.2) is 4.98 Å². The van der Waals surface area contributed by atoms with Gasteiger partial charge in [0.2, 0.25) is 0 Å². The molecule has 0 unspecified atom stereocenters. The Labute approximate surface area is 117 Å². The second kappa shape index (κ2) is 5.45. The summed E-state index contributed by atoms with van der Waals surface area (Å²) >= 11 is 0. The fourth-order valence-corrected chi connectivity index (χ4v) is 2.76. The second-order valence-electron chi connectivity index (χ2n) is 5.05. The number of pyridine rings is 1. The Kier molecular flexibility index (Phi) is 3.50. The minimum atomic E-state index is 0.00498. The Balaban J connectivity index is 1.83. The molecule has 0 radical (unpaired) electrons. The lowest BCUT2D eigenvalue weighted by Crippen LogP contribution is -2.31. The van der Waals surface area contributed by atoms with Crippen molar-refractivity contribution in [3.8, 4) is 0 Å². The fourth-order valence-electron chi connectivity index (χ4n) is 2.76. The maximum Gasteiger partial charge on any atom is 0.293 e. The van der Waals surface area contributed by atoms with Crippen LogP contribution in [0.15, 0.2) is 41.7 Å². The summed E-state index contributed by atoms with van der Waals surface area (Å²) in [5.41, 5.74) is 1.29. The van der Waals surface area contributed by atoms with Crippen molar-refractivity contribution >= 4 is 5.82 Å². The van der Waals surface area contributed by atoms with E-state index in [9.17, 15) is 4.79 Å². The van der Waals surface area contributed by atoms with Gasteiger partial charge in [-0.1, -0.05) is 0 Å². The lowest BCUT2D eigenvalue weighted by Gasteiger charge is -2.17.